The molecule has 0 aliphatic carbocycles. The van der Waals surface area contributed by atoms with Crippen LogP contribution in [-0.4, -0.2) is 35.0 Å². The van der Waals surface area contributed by atoms with Crippen molar-refractivity contribution in [3.63, 3.8) is 0 Å². The van der Waals surface area contributed by atoms with Gasteiger partial charge in [-0.25, -0.2) is 0 Å². The Morgan fingerprint density at radius 1 is 1.22 bits per heavy atom. The summed E-state index contributed by atoms with van der Waals surface area (Å²) in [5, 5.41) is 0. The van der Waals surface area contributed by atoms with Crippen LogP contribution in [0.4, 0.5) is 0 Å². The number of fused-ring (bicyclic) bond motifs is 1. The van der Waals surface area contributed by atoms with Gasteiger partial charge in [-0.1, -0.05) is 6.07 Å². The van der Waals surface area contributed by atoms with Gasteiger partial charge in [-0.05, 0) is 43.7 Å². The maximum atomic E-state index is 12.9. The first-order valence-corrected chi connectivity index (χ1v) is 7.74. The van der Waals surface area contributed by atoms with Gasteiger partial charge in [0.2, 0.25) is 0 Å². The predicted octanol–water partition coefficient (Wildman–Crippen LogP) is 2.90. The van der Waals surface area contributed by atoms with Crippen molar-refractivity contribution in [2.45, 2.75) is 26.4 Å². The quantitative estimate of drug-likeness (QED) is 0.871. The molecule has 1 aliphatic rings. The minimum atomic E-state index is -0.0270. The molecule has 0 bridgehead atoms. The van der Waals surface area contributed by atoms with E-state index in [-0.39, 0.29) is 11.9 Å². The number of aromatic nitrogens is 1. The fourth-order valence-electron chi connectivity index (χ4n) is 2.52. The Labute approximate surface area is 135 Å². The van der Waals surface area contributed by atoms with Crippen molar-refractivity contribution < 1.29 is 14.3 Å². The number of rotatable bonds is 4. The lowest BCUT2D eigenvalue weighted by atomic mass is 10.1. The molecule has 0 spiro atoms. The molecule has 0 fully saturated rings. The zero-order chi connectivity index (χ0) is 16.2. The minimum absolute atomic E-state index is 0.0270. The second-order valence-electron chi connectivity index (χ2n) is 5.75. The van der Waals surface area contributed by atoms with Crippen LogP contribution in [0.1, 0.15) is 29.8 Å². The summed E-state index contributed by atoms with van der Waals surface area (Å²) in [7, 11) is 0. The van der Waals surface area contributed by atoms with Gasteiger partial charge in [0.1, 0.15) is 13.2 Å². The van der Waals surface area contributed by atoms with Crippen LogP contribution in [0.2, 0.25) is 0 Å². The van der Waals surface area contributed by atoms with Gasteiger partial charge >= 0.3 is 0 Å². The molecule has 0 saturated carbocycles. The van der Waals surface area contributed by atoms with E-state index in [1.54, 1.807) is 30.6 Å². The SMILES string of the molecule is CC(C)N(Cc1cccnc1)C(=O)c1ccc2c(c1)OCCO2. The molecular formula is C18H20N2O3. The third-order valence-corrected chi connectivity index (χ3v) is 3.75. The highest BCUT2D eigenvalue weighted by atomic mass is 16.6. The Hall–Kier alpha value is -2.56. The summed E-state index contributed by atoms with van der Waals surface area (Å²) in [5.41, 5.74) is 1.61. The third kappa shape index (κ3) is 3.44. The summed E-state index contributed by atoms with van der Waals surface area (Å²) in [6.07, 6.45) is 3.51. The van der Waals surface area contributed by atoms with E-state index in [1.165, 1.54) is 0 Å². The highest BCUT2D eigenvalue weighted by Gasteiger charge is 2.21. The average molecular weight is 312 g/mol. The second-order valence-corrected chi connectivity index (χ2v) is 5.75. The molecule has 1 aromatic heterocycles. The number of ether oxygens (including phenoxy) is 2. The Kier molecular flexibility index (Phi) is 4.46. The van der Waals surface area contributed by atoms with Gasteiger partial charge in [0.15, 0.2) is 11.5 Å². The molecule has 0 atom stereocenters. The minimum Gasteiger partial charge on any atom is -0.486 e. The van der Waals surface area contributed by atoms with Crippen molar-refractivity contribution in [2.75, 3.05) is 13.2 Å². The van der Waals surface area contributed by atoms with Crippen LogP contribution in [0.5, 0.6) is 11.5 Å². The molecule has 1 aromatic carbocycles. The van der Waals surface area contributed by atoms with Crippen LogP contribution < -0.4 is 9.47 Å². The van der Waals surface area contributed by atoms with Crippen molar-refractivity contribution in [1.29, 1.82) is 0 Å². The molecule has 1 amide bonds. The summed E-state index contributed by atoms with van der Waals surface area (Å²) in [6.45, 7) is 5.59. The van der Waals surface area contributed by atoms with Crippen molar-refractivity contribution in [2.24, 2.45) is 0 Å². The highest BCUT2D eigenvalue weighted by molar-refractivity contribution is 5.95. The molecule has 0 radical (unpaired) electrons. The molecule has 2 heterocycles. The second kappa shape index (κ2) is 6.69. The maximum Gasteiger partial charge on any atom is 0.254 e. The van der Waals surface area contributed by atoms with Gasteiger partial charge in [-0.3, -0.25) is 9.78 Å². The van der Waals surface area contributed by atoms with Crippen molar-refractivity contribution in [1.82, 2.24) is 9.88 Å². The Balaban J connectivity index is 1.83. The van der Waals surface area contributed by atoms with Gasteiger partial charge in [0, 0.05) is 30.5 Å². The molecule has 0 saturated heterocycles. The topological polar surface area (TPSA) is 51.7 Å². The van der Waals surface area contributed by atoms with E-state index in [0.717, 1.165) is 5.56 Å². The van der Waals surface area contributed by atoms with Gasteiger partial charge in [0.05, 0.1) is 0 Å². The third-order valence-electron chi connectivity index (χ3n) is 3.75. The Bertz CT molecular complexity index is 686. The number of hydrogen-bond donors (Lipinski definition) is 0. The molecule has 2 aromatic rings. The van der Waals surface area contributed by atoms with Crippen molar-refractivity contribution in [3.05, 3.63) is 53.9 Å². The lowest BCUT2D eigenvalue weighted by Gasteiger charge is -2.27. The highest BCUT2D eigenvalue weighted by Crippen LogP contribution is 2.31. The summed E-state index contributed by atoms with van der Waals surface area (Å²) >= 11 is 0. The van der Waals surface area contributed by atoms with Gasteiger partial charge in [0.25, 0.3) is 5.91 Å². The van der Waals surface area contributed by atoms with Crippen molar-refractivity contribution >= 4 is 5.91 Å². The standard InChI is InChI=1S/C18H20N2O3/c1-13(2)20(12-14-4-3-7-19-11-14)18(21)15-5-6-16-17(10-15)23-9-8-22-16/h3-7,10-11,13H,8-9,12H2,1-2H3. The van der Waals surface area contributed by atoms with E-state index in [1.807, 2.05) is 30.9 Å². The zero-order valence-corrected chi connectivity index (χ0v) is 13.4. The van der Waals surface area contributed by atoms with Crippen LogP contribution in [0.15, 0.2) is 42.7 Å². The fourth-order valence-corrected chi connectivity index (χ4v) is 2.52. The van der Waals surface area contributed by atoms with E-state index in [9.17, 15) is 4.79 Å². The Morgan fingerprint density at radius 2 is 2.00 bits per heavy atom. The summed E-state index contributed by atoms with van der Waals surface area (Å²) < 4.78 is 11.1. The molecule has 5 nitrogen and oxygen atoms in total. The van der Waals surface area contributed by atoms with Crippen LogP contribution in [-0.2, 0) is 6.54 Å². The smallest absolute Gasteiger partial charge is 0.254 e. The number of carbonyl (C=O) groups is 1. The van der Waals surface area contributed by atoms with E-state index in [2.05, 4.69) is 4.98 Å². The fraction of sp³-hybridized carbons (Fsp3) is 0.333. The number of amides is 1. The van der Waals surface area contributed by atoms with E-state index in [0.29, 0.717) is 36.8 Å². The molecule has 23 heavy (non-hydrogen) atoms. The zero-order valence-electron chi connectivity index (χ0n) is 13.4. The lowest BCUT2D eigenvalue weighted by molar-refractivity contribution is 0.0689. The number of pyridine rings is 1. The van der Waals surface area contributed by atoms with E-state index >= 15 is 0 Å². The summed E-state index contributed by atoms with van der Waals surface area (Å²) in [4.78, 5) is 18.8. The number of benzene rings is 1. The average Bonchev–Trinajstić information content (AvgIpc) is 2.59. The normalized spacial score (nSPS) is 13.0. The van der Waals surface area contributed by atoms with Crippen molar-refractivity contribution in [3.8, 4) is 11.5 Å². The molecule has 3 rings (SSSR count). The van der Waals surface area contributed by atoms with Crippen LogP contribution in [0, 0.1) is 0 Å². The van der Waals surface area contributed by atoms with Gasteiger partial charge < -0.3 is 14.4 Å². The molecule has 1 aliphatic heterocycles. The first-order valence-electron chi connectivity index (χ1n) is 7.74. The summed E-state index contributed by atoms with van der Waals surface area (Å²) in [6, 6.07) is 9.27. The Morgan fingerprint density at radius 3 is 2.70 bits per heavy atom. The number of carbonyl (C=O) groups excluding carboxylic acids is 1. The largest absolute Gasteiger partial charge is 0.486 e. The molecule has 120 valence electrons. The monoisotopic (exact) mass is 312 g/mol. The van der Waals surface area contributed by atoms with Crippen LogP contribution in [0.3, 0.4) is 0 Å². The first kappa shape index (κ1) is 15.3. The summed E-state index contributed by atoms with van der Waals surface area (Å²) in [5.74, 6) is 1.30. The van der Waals surface area contributed by atoms with Gasteiger partial charge in [-0.15, -0.1) is 0 Å². The predicted molar refractivity (Wildman–Crippen MR) is 86.7 cm³/mol. The van der Waals surface area contributed by atoms with Crippen LogP contribution in [0.25, 0.3) is 0 Å². The molecule has 0 N–H and O–H groups in total. The molecular weight excluding hydrogens is 292 g/mol. The number of hydrogen-bond acceptors (Lipinski definition) is 4. The van der Waals surface area contributed by atoms with E-state index < -0.39 is 0 Å². The van der Waals surface area contributed by atoms with E-state index in [4.69, 9.17) is 9.47 Å². The first-order chi connectivity index (χ1) is 11.1. The van der Waals surface area contributed by atoms with Gasteiger partial charge in [-0.2, -0.15) is 0 Å². The lowest BCUT2D eigenvalue weighted by Crippen LogP contribution is -2.36. The van der Waals surface area contributed by atoms with Crippen LogP contribution >= 0.6 is 0 Å². The maximum absolute atomic E-state index is 12.9. The molecule has 5 heteroatoms. The molecule has 0 unspecified atom stereocenters. The number of nitrogens with zero attached hydrogens (tertiary/aromatic N) is 2.